The third-order valence-electron chi connectivity index (χ3n) is 6.30. The Morgan fingerprint density at radius 1 is 0.704 bits per heavy atom. The van der Waals surface area contributed by atoms with E-state index in [1.54, 1.807) is 0 Å². The highest BCUT2D eigenvalue weighted by molar-refractivity contribution is 5.64. The summed E-state index contributed by atoms with van der Waals surface area (Å²) in [5.74, 6) is 0. The van der Waals surface area contributed by atoms with Gasteiger partial charge in [-0.25, -0.2) is 0 Å². The number of fused-ring (bicyclic) bond motifs is 4. The number of azide groups is 2. The summed E-state index contributed by atoms with van der Waals surface area (Å²) in [7, 11) is 0. The molecule has 0 saturated carbocycles. The molecule has 0 amide bonds. The Morgan fingerprint density at radius 2 is 1.11 bits per heavy atom. The molecule has 0 aliphatic heterocycles. The van der Waals surface area contributed by atoms with Gasteiger partial charge < -0.3 is 0 Å². The molecule has 0 heterocycles. The normalized spacial score (nSPS) is 23.3. The van der Waals surface area contributed by atoms with Gasteiger partial charge in [-0.1, -0.05) is 62.2 Å². The third-order valence-corrected chi connectivity index (χ3v) is 6.30. The standard InChI is InChI=1S/C21H22N6/c1-19(2)11-21(17-9-13(24-26-22)5-7-15(17)19)12-20(3,4)16-8-6-14(25-27-23)10-18(16)21/h5-10H,11-12H2,1-4H3. The van der Waals surface area contributed by atoms with Crippen molar-refractivity contribution in [3.05, 3.63) is 79.5 Å². The fourth-order valence-electron chi connectivity index (χ4n) is 5.55. The topological polar surface area (TPSA) is 97.5 Å². The van der Waals surface area contributed by atoms with E-state index < -0.39 is 0 Å². The molecule has 2 aliphatic carbocycles. The summed E-state index contributed by atoms with van der Waals surface area (Å²) in [5, 5.41) is 7.68. The van der Waals surface area contributed by atoms with Crippen LogP contribution in [0.15, 0.2) is 46.6 Å². The van der Waals surface area contributed by atoms with Crippen molar-refractivity contribution in [2.75, 3.05) is 0 Å². The van der Waals surface area contributed by atoms with Crippen LogP contribution in [-0.2, 0) is 16.2 Å². The molecule has 2 aliphatic rings. The first-order valence-corrected chi connectivity index (χ1v) is 9.14. The largest absolute Gasteiger partial charge is 0.0608 e. The predicted molar refractivity (Wildman–Crippen MR) is 107 cm³/mol. The van der Waals surface area contributed by atoms with Crippen molar-refractivity contribution in [1.82, 2.24) is 0 Å². The summed E-state index contributed by atoms with van der Waals surface area (Å²) in [6.07, 6.45) is 1.95. The monoisotopic (exact) mass is 358 g/mol. The van der Waals surface area contributed by atoms with Gasteiger partial charge in [0.05, 0.1) is 0 Å². The van der Waals surface area contributed by atoms with E-state index in [-0.39, 0.29) is 16.2 Å². The zero-order valence-corrected chi connectivity index (χ0v) is 16.1. The Kier molecular flexibility index (Phi) is 3.58. The van der Waals surface area contributed by atoms with Gasteiger partial charge in [-0.15, -0.1) is 0 Å². The van der Waals surface area contributed by atoms with Crippen molar-refractivity contribution in [3.8, 4) is 0 Å². The second-order valence-corrected chi connectivity index (χ2v) is 9.04. The molecule has 0 aromatic heterocycles. The minimum absolute atomic E-state index is 0.0103. The molecule has 0 saturated heterocycles. The first kappa shape index (κ1) is 17.5. The molecule has 0 unspecified atom stereocenters. The first-order chi connectivity index (χ1) is 12.7. The summed E-state index contributed by atoms with van der Waals surface area (Å²) >= 11 is 0. The van der Waals surface area contributed by atoms with Crippen molar-refractivity contribution in [2.45, 2.75) is 56.8 Å². The van der Waals surface area contributed by atoms with Crippen molar-refractivity contribution in [3.63, 3.8) is 0 Å². The molecular formula is C21H22N6. The summed E-state index contributed by atoms with van der Waals surface area (Å²) < 4.78 is 0. The zero-order chi connectivity index (χ0) is 19.4. The molecule has 6 heteroatoms. The van der Waals surface area contributed by atoms with Gasteiger partial charge in [0.25, 0.3) is 0 Å². The fraction of sp³-hybridized carbons (Fsp3) is 0.429. The maximum Gasteiger partial charge on any atom is 0.0378 e. The molecule has 0 radical (unpaired) electrons. The highest BCUT2D eigenvalue weighted by atomic mass is 15.1. The third kappa shape index (κ3) is 2.42. The van der Waals surface area contributed by atoms with E-state index in [0.29, 0.717) is 11.4 Å². The average Bonchev–Trinajstić information content (AvgIpc) is 2.95. The summed E-state index contributed by atoms with van der Waals surface area (Å²) in [4.78, 5) is 5.93. The van der Waals surface area contributed by atoms with Gasteiger partial charge in [-0.2, -0.15) is 0 Å². The van der Waals surface area contributed by atoms with E-state index in [1.807, 2.05) is 12.1 Å². The Balaban J connectivity index is 2.04. The number of hydrogen-bond donors (Lipinski definition) is 0. The van der Waals surface area contributed by atoms with E-state index >= 15 is 0 Å². The molecule has 136 valence electrons. The summed E-state index contributed by atoms with van der Waals surface area (Å²) in [5.41, 5.74) is 24.0. The highest BCUT2D eigenvalue weighted by Crippen LogP contribution is 2.63. The van der Waals surface area contributed by atoms with Crippen LogP contribution in [-0.4, -0.2) is 0 Å². The minimum atomic E-state index is -0.167. The Bertz CT molecular complexity index is 967. The lowest BCUT2D eigenvalue weighted by atomic mass is 9.72. The van der Waals surface area contributed by atoms with Crippen molar-refractivity contribution in [1.29, 1.82) is 0 Å². The maximum atomic E-state index is 8.88. The van der Waals surface area contributed by atoms with E-state index in [0.717, 1.165) is 12.8 Å². The van der Waals surface area contributed by atoms with Crippen molar-refractivity contribution >= 4 is 11.4 Å². The average molecular weight is 358 g/mol. The summed E-state index contributed by atoms with van der Waals surface area (Å²) in [6, 6.07) is 12.1. The van der Waals surface area contributed by atoms with Crippen LogP contribution in [0.5, 0.6) is 0 Å². The van der Waals surface area contributed by atoms with Crippen LogP contribution in [0.4, 0.5) is 11.4 Å². The van der Waals surface area contributed by atoms with Crippen LogP contribution in [0.25, 0.3) is 20.9 Å². The van der Waals surface area contributed by atoms with Crippen LogP contribution in [0, 0.1) is 0 Å². The smallest absolute Gasteiger partial charge is 0.0378 e. The van der Waals surface area contributed by atoms with Crippen LogP contribution < -0.4 is 0 Å². The van der Waals surface area contributed by atoms with Crippen LogP contribution >= 0.6 is 0 Å². The van der Waals surface area contributed by atoms with E-state index in [2.05, 4.69) is 72.0 Å². The van der Waals surface area contributed by atoms with Crippen LogP contribution in [0.3, 0.4) is 0 Å². The molecule has 0 N–H and O–H groups in total. The fourth-order valence-corrected chi connectivity index (χ4v) is 5.55. The SMILES string of the molecule is CC1(C)CC2(CC(C)(C)c3ccc(N=[N+]=[N-])cc32)c2cc(N=[N+]=[N-])ccc21. The summed E-state index contributed by atoms with van der Waals surface area (Å²) in [6.45, 7) is 9.10. The van der Waals surface area contributed by atoms with E-state index in [9.17, 15) is 0 Å². The second kappa shape index (κ2) is 5.53. The number of benzene rings is 2. The van der Waals surface area contributed by atoms with Crippen LogP contribution in [0.2, 0.25) is 0 Å². The lowest BCUT2D eigenvalue weighted by Crippen LogP contribution is -2.26. The van der Waals surface area contributed by atoms with Gasteiger partial charge in [0.15, 0.2) is 0 Å². The molecule has 0 fully saturated rings. The quantitative estimate of drug-likeness (QED) is 0.307. The molecule has 2 aromatic carbocycles. The second-order valence-electron chi connectivity index (χ2n) is 9.04. The van der Waals surface area contributed by atoms with E-state index in [4.69, 9.17) is 11.1 Å². The van der Waals surface area contributed by atoms with Gasteiger partial charge >= 0.3 is 0 Å². The van der Waals surface area contributed by atoms with Gasteiger partial charge in [0.1, 0.15) is 0 Å². The lowest BCUT2D eigenvalue weighted by Gasteiger charge is -2.30. The molecule has 0 bridgehead atoms. The van der Waals surface area contributed by atoms with Crippen molar-refractivity contribution in [2.24, 2.45) is 10.2 Å². The number of rotatable bonds is 2. The Labute approximate surface area is 158 Å². The molecular weight excluding hydrogens is 336 g/mol. The Morgan fingerprint density at radius 3 is 1.48 bits per heavy atom. The van der Waals surface area contributed by atoms with Gasteiger partial charge in [-0.3, -0.25) is 0 Å². The van der Waals surface area contributed by atoms with E-state index in [1.165, 1.54) is 22.3 Å². The van der Waals surface area contributed by atoms with Crippen molar-refractivity contribution < 1.29 is 0 Å². The highest BCUT2D eigenvalue weighted by Gasteiger charge is 2.56. The first-order valence-electron chi connectivity index (χ1n) is 9.14. The van der Waals surface area contributed by atoms with Gasteiger partial charge in [0.2, 0.25) is 0 Å². The molecule has 0 atom stereocenters. The lowest BCUT2D eigenvalue weighted by molar-refractivity contribution is 0.349. The van der Waals surface area contributed by atoms with Gasteiger partial charge in [-0.05, 0) is 69.1 Å². The molecule has 4 rings (SSSR count). The van der Waals surface area contributed by atoms with Gasteiger partial charge in [0, 0.05) is 26.6 Å². The molecule has 27 heavy (non-hydrogen) atoms. The number of hydrogen-bond acceptors (Lipinski definition) is 2. The number of nitrogens with zero attached hydrogens (tertiary/aromatic N) is 6. The maximum absolute atomic E-state index is 8.88. The minimum Gasteiger partial charge on any atom is -0.0608 e. The zero-order valence-electron chi connectivity index (χ0n) is 16.1. The molecule has 2 aromatic rings. The predicted octanol–water partition coefficient (Wildman–Crippen LogP) is 7.22. The van der Waals surface area contributed by atoms with Crippen LogP contribution in [0.1, 0.15) is 62.8 Å². The molecule has 1 spiro atoms. The Hall–Kier alpha value is -2.94. The molecule has 6 nitrogen and oxygen atoms in total.